The maximum absolute atomic E-state index is 11.7. The summed E-state index contributed by atoms with van der Waals surface area (Å²) in [6, 6.07) is 0. The predicted molar refractivity (Wildman–Crippen MR) is 51.3 cm³/mol. The van der Waals surface area contributed by atoms with Gasteiger partial charge in [-0.1, -0.05) is 13.8 Å². The third-order valence-electron chi connectivity index (χ3n) is 1.67. The van der Waals surface area contributed by atoms with Crippen LogP contribution in [0, 0.1) is 5.92 Å². The van der Waals surface area contributed by atoms with Gasteiger partial charge in [-0.25, -0.2) is 0 Å². The van der Waals surface area contributed by atoms with Gasteiger partial charge < -0.3 is 10.2 Å². The van der Waals surface area contributed by atoms with Crippen LogP contribution in [0.5, 0.6) is 0 Å². The summed E-state index contributed by atoms with van der Waals surface area (Å²) in [6.07, 6.45) is -4.10. The van der Waals surface area contributed by atoms with E-state index < -0.39 is 12.7 Å². The third kappa shape index (κ3) is 9.80. The monoisotopic (exact) mass is 212 g/mol. The summed E-state index contributed by atoms with van der Waals surface area (Å²) in [5, 5.41) is 2.36. The average Bonchev–Trinajstić information content (AvgIpc) is 1.95. The van der Waals surface area contributed by atoms with E-state index in [0.717, 1.165) is 6.54 Å². The van der Waals surface area contributed by atoms with Gasteiger partial charge >= 0.3 is 6.18 Å². The van der Waals surface area contributed by atoms with Gasteiger partial charge in [0, 0.05) is 19.6 Å². The lowest BCUT2D eigenvalue weighted by atomic mass is 10.2. The van der Waals surface area contributed by atoms with Crippen molar-refractivity contribution in [3.63, 3.8) is 0 Å². The minimum atomic E-state index is -4.10. The van der Waals surface area contributed by atoms with Crippen LogP contribution in [0.2, 0.25) is 0 Å². The van der Waals surface area contributed by atoms with Gasteiger partial charge in [-0.2, -0.15) is 13.2 Å². The summed E-state index contributed by atoms with van der Waals surface area (Å²) < 4.78 is 35.1. The second-order valence-corrected chi connectivity index (χ2v) is 3.95. The van der Waals surface area contributed by atoms with Gasteiger partial charge in [0.1, 0.15) is 0 Å². The minimum absolute atomic E-state index is 0.378. The highest BCUT2D eigenvalue weighted by Gasteiger charge is 2.25. The standard InChI is InChI=1S/C9H19F3N2/c1-8(2)6-14(3)5-4-13-7-9(10,11)12/h8,13H,4-7H2,1-3H3. The number of nitrogens with zero attached hydrogens (tertiary/aromatic N) is 1. The van der Waals surface area contributed by atoms with Gasteiger partial charge in [0.2, 0.25) is 0 Å². The summed E-state index contributed by atoms with van der Waals surface area (Å²) in [4.78, 5) is 2.02. The molecule has 0 rings (SSSR count). The first-order valence-electron chi connectivity index (χ1n) is 4.77. The first-order valence-corrected chi connectivity index (χ1v) is 4.77. The van der Waals surface area contributed by atoms with Crippen molar-refractivity contribution in [3.05, 3.63) is 0 Å². The number of hydrogen-bond acceptors (Lipinski definition) is 2. The van der Waals surface area contributed by atoms with Crippen molar-refractivity contribution in [1.82, 2.24) is 10.2 Å². The fraction of sp³-hybridized carbons (Fsp3) is 1.00. The first-order chi connectivity index (χ1) is 6.31. The van der Waals surface area contributed by atoms with Crippen LogP contribution in [0.25, 0.3) is 0 Å². The van der Waals surface area contributed by atoms with E-state index in [-0.39, 0.29) is 0 Å². The Bertz CT molecular complexity index is 145. The SMILES string of the molecule is CC(C)CN(C)CCNCC(F)(F)F. The largest absolute Gasteiger partial charge is 0.401 e. The Kier molecular flexibility index (Phi) is 6.11. The average molecular weight is 212 g/mol. The molecule has 14 heavy (non-hydrogen) atoms. The van der Waals surface area contributed by atoms with Crippen LogP contribution in [0.3, 0.4) is 0 Å². The molecule has 0 aromatic rings. The van der Waals surface area contributed by atoms with Gasteiger partial charge in [0.25, 0.3) is 0 Å². The lowest BCUT2D eigenvalue weighted by molar-refractivity contribution is -0.124. The Hall–Kier alpha value is -0.290. The van der Waals surface area contributed by atoms with E-state index in [4.69, 9.17) is 0 Å². The fourth-order valence-corrected chi connectivity index (χ4v) is 1.21. The van der Waals surface area contributed by atoms with E-state index in [2.05, 4.69) is 19.2 Å². The van der Waals surface area contributed by atoms with Crippen molar-refractivity contribution in [2.75, 3.05) is 33.2 Å². The predicted octanol–water partition coefficient (Wildman–Crippen LogP) is 1.73. The Labute approximate surface area is 83.5 Å². The summed E-state index contributed by atoms with van der Waals surface area (Å²) in [5.74, 6) is 0.544. The van der Waals surface area contributed by atoms with Crippen LogP contribution >= 0.6 is 0 Å². The Balaban J connectivity index is 3.36. The second-order valence-electron chi connectivity index (χ2n) is 3.95. The molecule has 1 N–H and O–H groups in total. The van der Waals surface area contributed by atoms with Crippen LogP contribution in [0.15, 0.2) is 0 Å². The molecule has 0 aromatic carbocycles. The summed E-state index contributed by atoms with van der Waals surface area (Å²) >= 11 is 0. The third-order valence-corrected chi connectivity index (χ3v) is 1.67. The van der Waals surface area contributed by atoms with Crippen molar-refractivity contribution in [3.8, 4) is 0 Å². The quantitative estimate of drug-likeness (QED) is 0.674. The van der Waals surface area contributed by atoms with Crippen LogP contribution in [-0.2, 0) is 0 Å². The Morgan fingerprint density at radius 1 is 1.29 bits per heavy atom. The minimum Gasteiger partial charge on any atom is -0.307 e. The second kappa shape index (κ2) is 6.24. The van der Waals surface area contributed by atoms with E-state index in [9.17, 15) is 13.2 Å². The molecule has 0 heterocycles. The van der Waals surface area contributed by atoms with Crippen LogP contribution < -0.4 is 5.32 Å². The molecule has 0 radical (unpaired) electrons. The normalized spacial score (nSPS) is 12.9. The van der Waals surface area contributed by atoms with Crippen molar-refractivity contribution in [2.45, 2.75) is 20.0 Å². The van der Waals surface area contributed by atoms with Crippen LogP contribution in [0.1, 0.15) is 13.8 Å². The van der Waals surface area contributed by atoms with Crippen molar-refractivity contribution in [1.29, 1.82) is 0 Å². The molecule has 5 heteroatoms. The Morgan fingerprint density at radius 3 is 2.29 bits per heavy atom. The molecule has 0 saturated carbocycles. The zero-order chi connectivity index (χ0) is 11.2. The molecule has 0 atom stereocenters. The molecule has 2 nitrogen and oxygen atoms in total. The van der Waals surface area contributed by atoms with E-state index in [1.54, 1.807) is 0 Å². The molecule has 0 unspecified atom stereocenters. The van der Waals surface area contributed by atoms with Gasteiger partial charge in [0.05, 0.1) is 6.54 Å². The van der Waals surface area contributed by atoms with Gasteiger partial charge in [-0.3, -0.25) is 0 Å². The maximum atomic E-state index is 11.7. The molecule has 0 fully saturated rings. The topological polar surface area (TPSA) is 15.3 Å². The Morgan fingerprint density at radius 2 is 1.86 bits per heavy atom. The summed E-state index contributed by atoms with van der Waals surface area (Å²) in [5.41, 5.74) is 0. The maximum Gasteiger partial charge on any atom is 0.401 e. The van der Waals surface area contributed by atoms with Crippen molar-refractivity contribution < 1.29 is 13.2 Å². The molecule has 0 aliphatic heterocycles. The zero-order valence-electron chi connectivity index (χ0n) is 8.99. The highest BCUT2D eigenvalue weighted by atomic mass is 19.4. The molecule has 0 aliphatic carbocycles. The van der Waals surface area contributed by atoms with Crippen molar-refractivity contribution >= 4 is 0 Å². The molecular weight excluding hydrogens is 193 g/mol. The van der Waals surface area contributed by atoms with Gasteiger partial charge in [-0.05, 0) is 13.0 Å². The van der Waals surface area contributed by atoms with Crippen molar-refractivity contribution in [2.24, 2.45) is 5.92 Å². The molecular formula is C9H19F3N2. The first kappa shape index (κ1) is 13.7. The van der Waals surface area contributed by atoms with E-state index in [1.165, 1.54) is 0 Å². The van der Waals surface area contributed by atoms with E-state index in [1.807, 2.05) is 11.9 Å². The number of hydrogen-bond donors (Lipinski definition) is 1. The van der Waals surface area contributed by atoms with Crippen LogP contribution in [-0.4, -0.2) is 44.3 Å². The highest BCUT2D eigenvalue weighted by molar-refractivity contribution is 4.59. The van der Waals surface area contributed by atoms with Gasteiger partial charge in [-0.15, -0.1) is 0 Å². The van der Waals surface area contributed by atoms with Crippen LogP contribution in [0.4, 0.5) is 13.2 Å². The van der Waals surface area contributed by atoms with Gasteiger partial charge in [0.15, 0.2) is 0 Å². The molecule has 0 bridgehead atoms. The zero-order valence-corrected chi connectivity index (χ0v) is 8.99. The smallest absolute Gasteiger partial charge is 0.307 e. The number of likely N-dealkylation sites (N-methyl/N-ethyl adjacent to an activating group) is 1. The fourth-order valence-electron chi connectivity index (χ4n) is 1.21. The number of nitrogens with one attached hydrogen (secondary N) is 1. The molecule has 0 aromatic heterocycles. The number of rotatable bonds is 6. The number of alkyl halides is 3. The summed E-state index contributed by atoms with van der Waals surface area (Å²) in [6.45, 7) is 5.20. The number of halogens is 3. The molecule has 0 spiro atoms. The lowest BCUT2D eigenvalue weighted by Gasteiger charge is -2.19. The van der Waals surface area contributed by atoms with E-state index >= 15 is 0 Å². The summed E-state index contributed by atoms with van der Waals surface area (Å²) in [7, 11) is 1.91. The molecule has 86 valence electrons. The molecule has 0 saturated heterocycles. The highest BCUT2D eigenvalue weighted by Crippen LogP contribution is 2.11. The molecule has 0 aliphatic rings. The lowest BCUT2D eigenvalue weighted by Crippen LogP contribution is -2.36. The van der Waals surface area contributed by atoms with E-state index in [0.29, 0.717) is 19.0 Å². The molecule has 0 amide bonds.